The van der Waals surface area contributed by atoms with Crippen molar-refractivity contribution in [2.45, 2.75) is 25.8 Å². The third kappa shape index (κ3) is 3.95. The van der Waals surface area contributed by atoms with Crippen molar-refractivity contribution < 1.29 is 9.15 Å². The van der Waals surface area contributed by atoms with Crippen LogP contribution in [0.25, 0.3) is 0 Å². The molecule has 0 aliphatic heterocycles. The Morgan fingerprint density at radius 2 is 2.35 bits per heavy atom. The zero-order chi connectivity index (χ0) is 14.2. The Hall–Kier alpha value is -1.59. The highest BCUT2D eigenvalue weighted by molar-refractivity contribution is 5.15. The molecule has 20 heavy (non-hydrogen) atoms. The molecule has 0 fully saturated rings. The molecule has 0 aliphatic carbocycles. The topological polar surface area (TPSA) is 52.2 Å². The third-order valence-corrected chi connectivity index (χ3v) is 3.18. The first-order valence-corrected chi connectivity index (χ1v) is 7.14. The van der Waals surface area contributed by atoms with Gasteiger partial charge in [0.25, 0.3) is 0 Å². The largest absolute Gasteiger partial charge is 0.467 e. The van der Waals surface area contributed by atoms with E-state index < -0.39 is 0 Å². The third-order valence-electron chi connectivity index (χ3n) is 3.18. The van der Waals surface area contributed by atoms with E-state index in [0.29, 0.717) is 6.61 Å². The Balaban J connectivity index is 1.90. The number of ether oxygens (including phenoxy) is 1. The van der Waals surface area contributed by atoms with Crippen molar-refractivity contribution in [3.63, 3.8) is 0 Å². The van der Waals surface area contributed by atoms with E-state index in [1.165, 1.54) is 0 Å². The predicted octanol–water partition coefficient (Wildman–Crippen LogP) is 2.51. The average molecular weight is 277 g/mol. The van der Waals surface area contributed by atoms with Crippen LogP contribution in [-0.4, -0.2) is 29.3 Å². The summed E-state index contributed by atoms with van der Waals surface area (Å²) in [6, 6.07) is 3.81. The second kappa shape index (κ2) is 7.87. The normalized spacial score (nSPS) is 12.7. The number of furan rings is 1. The van der Waals surface area contributed by atoms with Crippen LogP contribution in [-0.2, 0) is 11.8 Å². The van der Waals surface area contributed by atoms with E-state index in [0.717, 1.165) is 37.6 Å². The van der Waals surface area contributed by atoms with Gasteiger partial charge in [0.05, 0.1) is 12.9 Å². The number of imidazole rings is 1. The van der Waals surface area contributed by atoms with Crippen LogP contribution < -0.4 is 5.32 Å². The number of hydrogen-bond donors (Lipinski definition) is 1. The molecule has 0 amide bonds. The minimum Gasteiger partial charge on any atom is -0.467 e. The van der Waals surface area contributed by atoms with Crippen molar-refractivity contribution in [3.8, 4) is 0 Å². The van der Waals surface area contributed by atoms with Gasteiger partial charge >= 0.3 is 0 Å². The lowest BCUT2D eigenvalue weighted by Gasteiger charge is -2.16. The van der Waals surface area contributed by atoms with E-state index >= 15 is 0 Å². The minimum atomic E-state index is -0.0419. The van der Waals surface area contributed by atoms with E-state index in [9.17, 15) is 0 Å². The number of nitrogens with zero attached hydrogens (tertiary/aromatic N) is 2. The number of nitrogens with one attached hydrogen (secondary N) is 1. The first-order valence-electron chi connectivity index (χ1n) is 7.14. The molecule has 0 saturated carbocycles. The van der Waals surface area contributed by atoms with Crippen LogP contribution in [0.4, 0.5) is 0 Å². The van der Waals surface area contributed by atoms with Crippen LogP contribution >= 0.6 is 0 Å². The molecule has 0 spiro atoms. The Morgan fingerprint density at radius 3 is 3.00 bits per heavy atom. The van der Waals surface area contributed by atoms with Crippen LogP contribution in [0.15, 0.2) is 35.2 Å². The lowest BCUT2D eigenvalue weighted by atomic mass is 10.2. The van der Waals surface area contributed by atoms with E-state index in [1.807, 2.05) is 29.9 Å². The molecule has 1 N–H and O–H groups in total. The van der Waals surface area contributed by atoms with Gasteiger partial charge in [-0.25, -0.2) is 4.98 Å². The maximum absolute atomic E-state index is 5.57. The molecule has 2 aromatic heterocycles. The van der Waals surface area contributed by atoms with Gasteiger partial charge in [0.15, 0.2) is 0 Å². The van der Waals surface area contributed by atoms with Crippen LogP contribution in [0.1, 0.15) is 37.4 Å². The van der Waals surface area contributed by atoms with Crippen LogP contribution in [0.3, 0.4) is 0 Å². The molecule has 2 aromatic rings. The maximum Gasteiger partial charge on any atom is 0.133 e. The Kier molecular flexibility index (Phi) is 5.83. The van der Waals surface area contributed by atoms with Crippen molar-refractivity contribution in [2.75, 3.05) is 19.8 Å². The fourth-order valence-corrected chi connectivity index (χ4v) is 2.05. The summed E-state index contributed by atoms with van der Waals surface area (Å²) >= 11 is 0. The van der Waals surface area contributed by atoms with Gasteiger partial charge in [-0.15, -0.1) is 0 Å². The SMILES string of the molecule is CCCCOCCNC(c1ccco1)c1nccn1C. The summed E-state index contributed by atoms with van der Waals surface area (Å²) in [5.41, 5.74) is 0. The molecule has 0 aliphatic rings. The number of rotatable bonds is 9. The first kappa shape index (κ1) is 14.8. The number of aromatic nitrogens is 2. The van der Waals surface area contributed by atoms with Gasteiger partial charge in [-0.1, -0.05) is 13.3 Å². The molecule has 0 bridgehead atoms. The summed E-state index contributed by atoms with van der Waals surface area (Å²) in [7, 11) is 1.98. The molecule has 5 nitrogen and oxygen atoms in total. The maximum atomic E-state index is 5.57. The Bertz CT molecular complexity index is 479. The summed E-state index contributed by atoms with van der Waals surface area (Å²) in [5, 5.41) is 3.44. The molecule has 0 aromatic carbocycles. The quantitative estimate of drug-likeness (QED) is 0.716. The first-order chi connectivity index (χ1) is 9.83. The highest BCUT2D eigenvalue weighted by atomic mass is 16.5. The lowest BCUT2D eigenvalue weighted by Crippen LogP contribution is -2.28. The molecule has 1 atom stereocenters. The second-order valence-electron chi connectivity index (χ2n) is 4.76. The van der Waals surface area contributed by atoms with E-state index in [-0.39, 0.29) is 6.04 Å². The minimum absolute atomic E-state index is 0.0419. The fourth-order valence-electron chi connectivity index (χ4n) is 2.05. The summed E-state index contributed by atoms with van der Waals surface area (Å²) in [6.45, 7) is 4.45. The molecule has 0 radical (unpaired) electrons. The van der Waals surface area contributed by atoms with Gasteiger partial charge in [-0.05, 0) is 18.6 Å². The zero-order valence-electron chi connectivity index (χ0n) is 12.2. The van der Waals surface area contributed by atoms with Gasteiger partial charge in [0.2, 0.25) is 0 Å². The Labute approximate surface area is 120 Å². The highest BCUT2D eigenvalue weighted by Crippen LogP contribution is 2.20. The van der Waals surface area contributed by atoms with Gasteiger partial charge in [-0.2, -0.15) is 0 Å². The van der Waals surface area contributed by atoms with Crippen LogP contribution in [0, 0.1) is 0 Å². The standard InChI is InChI=1S/C15H23N3O2/c1-3-4-10-19-12-8-16-14(13-6-5-11-20-13)15-17-7-9-18(15)2/h5-7,9,11,14,16H,3-4,8,10,12H2,1-2H3. The monoisotopic (exact) mass is 277 g/mol. The second-order valence-corrected chi connectivity index (χ2v) is 4.76. The molecule has 110 valence electrons. The number of aryl methyl sites for hydroxylation is 1. The number of unbranched alkanes of at least 4 members (excludes halogenated alkanes) is 1. The fraction of sp³-hybridized carbons (Fsp3) is 0.533. The summed E-state index contributed by atoms with van der Waals surface area (Å²) in [5.74, 6) is 1.81. The molecule has 2 heterocycles. The molecule has 1 unspecified atom stereocenters. The summed E-state index contributed by atoms with van der Waals surface area (Å²) in [4.78, 5) is 4.40. The van der Waals surface area contributed by atoms with Gasteiger partial charge in [-0.3, -0.25) is 5.32 Å². The van der Waals surface area contributed by atoms with Crippen molar-refractivity contribution in [3.05, 3.63) is 42.4 Å². The molecular formula is C15H23N3O2. The summed E-state index contributed by atoms with van der Waals surface area (Å²) < 4.78 is 13.1. The molecular weight excluding hydrogens is 254 g/mol. The van der Waals surface area contributed by atoms with E-state index in [1.54, 1.807) is 12.5 Å². The Morgan fingerprint density at radius 1 is 1.45 bits per heavy atom. The highest BCUT2D eigenvalue weighted by Gasteiger charge is 2.19. The van der Waals surface area contributed by atoms with Crippen molar-refractivity contribution in [2.24, 2.45) is 7.05 Å². The lowest BCUT2D eigenvalue weighted by molar-refractivity contribution is 0.131. The summed E-state index contributed by atoms with van der Waals surface area (Å²) in [6.07, 6.45) is 7.69. The molecule has 2 rings (SSSR count). The predicted molar refractivity (Wildman–Crippen MR) is 77.5 cm³/mol. The van der Waals surface area contributed by atoms with Crippen LogP contribution in [0.2, 0.25) is 0 Å². The van der Waals surface area contributed by atoms with Crippen molar-refractivity contribution >= 4 is 0 Å². The van der Waals surface area contributed by atoms with Gasteiger partial charge in [0, 0.05) is 32.6 Å². The zero-order valence-corrected chi connectivity index (χ0v) is 12.2. The van der Waals surface area contributed by atoms with E-state index in [4.69, 9.17) is 9.15 Å². The number of hydrogen-bond acceptors (Lipinski definition) is 4. The van der Waals surface area contributed by atoms with Crippen LogP contribution in [0.5, 0.6) is 0 Å². The smallest absolute Gasteiger partial charge is 0.133 e. The van der Waals surface area contributed by atoms with Crippen molar-refractivity contribution in [1.29, 1.82) is 0 Å². The van der Waals surface area contributed by atoms with E-state index in [2.05, 4.69) is 17.2 Å². The average Bonchev–Trinajstić information content (AvgIpc) is 3.10. The van der Waals surface area contributed by atoms with Gasteiger partial charge in [0.1, 0.15) is 17.6 Å². The molecule has 5 heteroatoms. The van der Waals surface area contributed by atoms with Crippen molar-refractivity contribution in [1.82, 2.24) is 14.9 Å². The van der Waals surface area contributed by atoms with Gasteiger partial charge < -0.3 is 13.7 Å². The molecule has 0 saturated heterocycles.